The highest BCUT2D eigenvalue weighted by molar-refractivity contribution is 5.75. The first-order valence-electron chi connectivity index (χ1n) is 7.01. The Hall–Kier alpha value is -1.45. The van der Waals surface area contributed by atoms with E-state index in [1.165, 1.54) is 6.42 Å². The Morgan fingerprint density at radius 2 is 1.58 bits per heavy atom. The second-order valence-electron chi connectivity index (χ2n) is 4.22. The molecule has 4 heteroatoms. The number of hydrogen-bond acceptors (Lipinski definition) is 2. The highest BCUT2D eigenvalue weighted by Gasteiger charge is 2.00. The summed E-state index contributed by atoms with van der Waals surface area (Å²) in [5.74, 6) is 0. The van der Waals surface area contributed by atoms with Crippen molar-refractivity contribution in [2.45, 2.75) is 67.9 Å². The molecule has 0 aromatic carbocycles. The Bertz CT molecular complexity index is 265. The Morgan fingerprint density at radius 3 is 1.89 bits per heavy atom. The SMILES string of the molecule is C/C(N)=C\C=C(/C)NC(=O)NC(C)C.CC.CCC. The first kappa shape index (κ1) is 22.7. The van der Waals surface area contributed by atoms with Crippen LogP contribution in [0.4, 0.5) is 4.79 Å². The summed E-state index contributed by atoms with van der Waals surface area (Å²) in [6, 6.07) is -0.0635. The molecule has 4 nitrogen and oxygen atoms in total. The predicted octanol–water partition coefficient (Wildman–Crippen LogP) is 3.90. The second-order valence-corrected chi connectivity index (χ2v) is 4.22. The minimum absolute atomic E-state index is 0.134. The van der Waals surface area contributed by atoms with Gasteiger partial charge in [0.15, 0.2) is 0 Å². The number of urea groups is 1. The van der Waals surface area contributed by atoms with E-state index < -0.39 is 0 Å². The average molecular weight is 271 g/mol. The van der Waals surface area contributed by atoms with Gasteiger partial charge in [0, 0.05) is 17.4 Å². The fraction of sp³-hybridized carbons (Fsp3) is 0.667. The molecule has 0 radical (unpaired) electrons. The number of rotatable bonds is 3. The van der Waals surface area contributed by atoms with Crippen molar-refractivity contribution in [3.8, 4) is 0 Å². The molecular weight excluding hydrogens is 238 g/mol. The van der Waals surface area contributed by atoms with Crippen molar-refractivity contribution in [3.05, 3.63) is 23.5 Å². The van der Waals surface area contributed by atoms with Crippen molar-refractivity contribution in [2.75, 3.05) is 0 Å². The summed E-state index contributed by atoms with van der Waals surface area (Å²) in [7, 11) is 0. The number of allylic oxidation sites excluding steroid dienone is 4. The third-order valence-electron chi connectivity index (χ3n) is 1.33. The molecule has 0 bridgehead atoms. The zero-order valence-corrected chi connectivity index (χ0v) is 13.9. The molecule has 0 unspecified atom stereocenters. The van der Waals surface area contributed by atoms with Crippen LogP contribution in [0.2, 0.25) is 0 Å². The monoisotopic (exact) mass is 271 g/mol. The largest absolute Gasteiger partial charge is 0.402 e. The van der Waals surface area contributed by atoms with Gasteiger partial charge in [0.05, 0.1) is 0 Å². The molecule has 0 saturated heterocycles. The lowest BCUT2D eigenvalue weighted by Gasteiger charge is -2.09. The van der Waals surface area contributed by atoms with Gasteiger partial charge in [-0.1, -0.05) is 34.1 Å². The number of carbonyl (C=O) groups excluding carboxylic acids is 1. The summed E-state index contributed by atoms with van der Waals surface area (Å²) in [6.07, 6.45) is 4.75. The Labute approximate surface area is 119 Å². The van der Waals surface area contributed by atoms with Gasteiger partial charge >= 0.3 is 6.03 Å². The molecule has 0 aromatic rings. The van der Waals surface area contributed by atoms with Crippen LogP contribution in [0.1, 0.15) is 61.8 Å². The fourth-order valence-electron chi connectivity index (χ4n) is 0.775. The first-order valence-corrected chi connectivity index (χ1v) is 7.01. The molecular formula is C15H33N3O. The molecule has 4 N–H and O–H groups in total. The maximum atomic E-state index is 11.2. The van der Waals surface area contributed by atoms with Crippen LogP contribution in [0.3, 0.4) is 0 Å². The number of hydrogen-bond donors (Lipinski definition) is 3. The molecule has 0 atom stereocenters. The van der Waals surface area contributed by atoms with Gasteiger partial charge in [-0.2, -0.15) is 0 Å². The van der Waals surface area contributed by atoms with Gasteiger partial charge in [-0.15, -0.1) is 0 Å². The van der Waals surface area contributed by atoms with Crippen LogP contribution < -0.4 is 16.4 Å². The molecule has 0 saturated carbocycles. The Kier molecular flexibility index (Phi) is 19.8. The number of carbonyl (C=O) groups is 1. The molecule has 0 aliphatic heterocycles. The standard InChI is InChI=1S/C10H19N3O.C3H8.C2H6/c1-7(2)12-10(14)13-9(4)6-5-8(3)11;1-3-2;1-2/h5-7H,11H2,1-4H3,(H2,12,13,14);3H2,1-2H3;1-2H3/b8-5+,9-6+;;. The maximum Gasteiger partial charge on any atom is 0.319 e. The smallest absolute Gasteiger partial charge is 0.319 e. The van der Waals surface area contributed by atoms with E-state index in [-0.39, 0.29) is 12.1 Å². The van der Waals surface area contributed by atoms with Gasteiger partial charge in [-0.05, 0) is 39.8 Å². The van der Waals surface area contributed by atoms with E-state index in [1.54, 1.807) is 26.0 Å². The van der Waals surface area contributed by atoms with Crippen LogP contribution in [0.5, 0.6) is 0 Å². The van der Waals surface area contributed by atoms with E-state index in [0.717, 1.165) is 5.70 Å². The minimum atomic E-state index is -0.197. The van der Waals surface area contributed by atoms with E-state index >= 15 is 0 Å². The Morgan fingerprint density at radius 1 is 1.16 bits per heavy atom. The molecule has 0 fully saturated rings. The van der Waals surface area contributed by atoms with Crippen LogP contribution in [0.25, 0.3) is 0 Å². The highest BCUT2D eigenvalue weighted by atomic mass is 16.2. The summed E-state index contributed by atoms with van der Waals surface area (Å²) < 4.78 is 0. The summed E-state index contributed by atoms with van der Waals surface area (Å²) in [4.78, 5) is 11.2. The lowest BCUT2D eigenvalue weighted by Crippen LogP contribution is -2.38. The third kappa shape index (κ3) is 26.3. The number of amides is 2. The lowest BCUT2D eigenvalue weighted by atomic mass is 10.3. The predicted molar refractivity (Wildman–Crippen MR) is 85.8 cm³/mol. The van der Waals surface area contributed by atoms with Crippen molar-refractivity contribution < 1.29 is 4.79 Å². The highest BCUT2D eigenvalue weighted by Crippen LogP contribution is 1.90. The molecule has 114 valence electrons. The van der Waals surface area contributed by atoms with E-state index in [4.69, 9.17) is 5.73 Å². The van der Waals surface area contributed by atoms with Crippen LogP contribution in [0, 0.1) is 0 Å². The van der Waals surface area contributed by atoms with Gasteiger partial charge < -0.3 is 16.4 Å². The van der Waals surface area contributed by atoms with Gasteiger partial charge in [0.1, 0.15) is 0 Å². The van der Waals surface area contributed by atoms with E-state index in [2.05, 4.69) is 24.5 Å². The van der Waals surface area contributed by atoms with Crippen molar-refractivity contribution in [1.82, 2.24) is 10.6 Å². The lowest BCUT2D eigenvalue weighted by molar-refractivity contribution is 0.241. The first-order chi connectivity index (χ1) is 8.83. The quantitative estimate of drug-likeness (QED) is 0.681. The average Bonchev–Trinajstić information content (AvgIpc) is 2.29. The van der Waals surface area contributed by atoms with Crippen molar-refractivity contribution in [3.63, 3.8) is 0 Å². The molecule has 0 aromatic heterocycles. The molecule has 0 aliphatic rings. The van der Waals surface area contributed by atoms with E-state index in [1.807, 2.05) is 27.7 Å². The van der Waals surface area contributed by atoms with Crippen LogP contribution in [0.15, 0.2) is 23.5 Å². The molecule has 19 heavy (non-hydrogen) atoms. The minimum Gasteiger partial charge on any atom is -0.402 e. The molecule has 0 spiro atoms. The Balaban J connectivity index is -0.000000445. The van der Waals surface area contributed by atoms with Crippen LogP contribution >= 0.6 is 0 Å². The summed E-state index contributed by atoms with van der Waals surface area (Å²) in [6.45, 7) is 15.7. The molecule has 2 amide bonds. The third-order valence-corrected chi connectivity index (χ3v) is 1.33. The van der Waals surface area contributed by atoms with E-state index in [9.17, 15) is 4.79 Å². The topological polar surface area (TPSA) is 67.1 Å². The summed E-state index contributed by atoms with van der Waals surface area (Å²) >= 11 is 0. The normalized spacial score (nSPS) is 10.8. The molecule has 0 heterocycles. The molecule has 0 rings (SSSR count). The zero-order chi connectivity index (χ0) is 15.8. The zero-order valence-electron chi connectivity index (χ0n) is 13.9. The van der Waals surface area contributed by atoms with Crippen molar-refractivity contribution in [1.29, 1.82) is 0 Å². The number of nitrogens with one attached hydrogen (secondary N) is 2. The van der Waals surface area contributed by atoms with E-state index in [0.29, 0.717) is 5.70 Å². The maximum absolute atomic E-state index is 11.2. The van der Waals surface area contributed by atoms with Gasteiger partial charge in [0.2, 0.25) is 0 Å². The van der Waals surface area contributed by atoms with Crippen LogP contribution in [-0.2, 0) is 0 Å². The van der Waals surface area contributed by atoms with Crippen molar-refractivity contribution in [2.24, 2.45) is 5.73 Å². The second kappa shape index (κ2) is 16.6. The fourth-order valence-corrected chi connectivity index (χ4v) is 0.775. The van der Waals surface area contributed by atoms with Crippen LogP contribution in [-0.4, -0.2) is 12.1 Å². The summed E-state index contributed by atoms with van der Waals surface area (Å²) in [5, 5.41) is 5.40. The molecule has 0 aliphatic carbocycles. The van der Waals surface area contributed by atoms with Gasteiger partial charge in [-0.25, -0.2) is 4.79 Å². The van der Waals surface area contributed by atoms with Gasteiger partial charge in [-0.3, -0.25) is 0 Å². The number of nitrogens with two attached hydrogens (primary N) is 1. The van der Waals surface area contributed by atoms with Gasteiger partial charge in [0.25, 0.3) is 0 Å². The summed E-state index contributed by atoms with van der Waals surface area (Å²) in [5.41, 5.74) is 6.90. The van der Waals surface area contributed by atoms with Crippen molar-refractivity contribution >= 4 is 6.03 Å².